The minimum atomic E-state index is -0.835. The monoisotopic (exact) mass is 307 g/mol. The second-order valence-electron chi connectivity index (χ2n) is 5.81. The lowest BCUT2D eigenvalue weighted by Crippen LogP contribution is -2.31. The van der Waals surface area contributed by atoms with Gasteiger partial charge in [0, 0.05) is 23.5 Å². The molecule has 0 saturated carbocycles. The minimum absolute atomic E-state index is 0.0526. The van der Waals surface area contributed by atoms with Gasteiger partial charge in [-0.2, -0.15) is 4.98 Å². The predicted molar refractivity (Wildman–Crippen MR) is 82.0 cm³/mol. The number of hydrogen-bond donors (Lipinski definition) is 0. The average molecular weight is 307 g/mol. The van der Waals surface area contributed by atoms with Crippen LogP contribution in [0, 0.1) is 0 Å². The summed E-state index contributed by atoms with van der Waals surface area (Å²) < 4.78 is 11.0. The third-order valence-electron chi connectivity index (χ3n) is 3.75. The molecule has 1 aliphatic rings. The van der Waals surface area contributed by atoms with Crippen molar-refractivity contribution in [2.24, 2.45) is 0 Å². The normalized spacial score (nSPS) is 15.3. The summed E-state index contributed by atoms with van der Waals surface area (Å²) in [6, 6.07) is 8.90. The number of ether oxygens (including phenoxy) is 1. The molecule has 0 amide bonds. The summed E-state index contributed by atoms with van der Waals surface area (Å²) in [5.74, 6) is 1.36. The van der Waals surface area contributed by atoms with Crippen molar-refractivity contribution >= 4 is 5.78 Å². The first-order valence-electron chi connectivity index (χ1n) is 7.17. The number of carbonyl (C=O) groups excluding carboxylic acids is 1. The molecule has 6 nitrogen and oxygen atoms in total. The first kappa shape index (κ1) is 13.6. The van der Waals surface area contributed by atoms with Gasteiger partial charge in [-0.25, -0.2) is 0 Å². The lowest BCUT2D eigenvalue weighted by Gasteiger charge is -2.14. The van der Waals surface area contributed by atoms with Gasteiger partial charge in [-0.15, -0.1) is 0 Å². The van der Waals surface area contributed by atoms with E-state index in [1.807, 2.05) is 0 Å². The van der Waals surface area contributed by atoms with Gasteiger partial charge in [-0.05, 0) is 44.2 Å². The van der Waals surface area contributed by atoms with Crippen LogP contribution in [-0.4, -0.2) is 26.5 Å². The largest absolute Gasteiger partial charge is 0.479 e. The molecular formula is C17H13N3O3. The highest BCUT2D eigenvalue weighted by Gasteiger charge is 2.39. The molecule has 0 spiro atoms. The van der Waals surface area contributed by atoms with E-state index in [0.717, 1.165) is 5.56 Å². The second kappa shape index (κ2) is 4.74. The van der Waals surface area contributed by atoms with E-state index in [9.17, 15) is 4.79 Å². The van der Waals surface area contributed by atoms with E-state index in [0.29, 0.717) is 28.6 Å². The summed E-state index contributed by atoms with van der Waals surface area (Å²) in [4.78, 5) is 20.7. The van der Waals surface area contributed by atoms with E-state index in [1.165, 1.54) is 0 Å². The summed E-state index contributed by atoms with van der Waals surface area (Å²) in [5, 5.41) is 3.97. The van der Waals surface area contributed by atoms with Gasteiger partial charge in [0.05, 0.1) is 5.56 Å². The maximum absolute atomic E-state index is 12.3. The van der Waals surface area contributed by atoms with Gasteiger partial charge in [0.1, 0.15) is 5.75 Å². The molecule has 3 aromatic rings. The Labute approximate surface area is 132 Å². The van der Waals surface area contributed by atoms with Gasteiger partial charge < -0.3 is 9.26 Å². The molecular weight excluding hydrogens is 294 g/mol. The van der Waals surface area contributed by atoms with Crippen molar-refractivity contribution in [2.75, 3.05) is 0 Å². The topological polar surface area (TPSA) is 78.1 Å². The maximum Gasteiger partial charge on any atom is 0.258 e. The van der Waals surface area contributed by atoms with E-state index in [2.05, 4.69) is 15.1 Å². The van der Waals surface area contributed by atoms with Crippen molar-refractivity contribution in [2.45, 2.75) is 19.4 Å². The number of Topliss-reactive ketones (excluding diaryl/α,β-unsaturated/α-hetero) is 1. The number of carbonyl (C=O) groups is 1. The smallest absolute Gasteiger partial charge is 0.258 e. The summed E-state index contributed by atoms with van der Waals surface area (Å²) in [5.41, 5.74) is 1.21. The van der Waals surface area contributed by atoms with Crippen LogP contribution in [0.2, 0.25) is 0 Å². The second-order valence-corrected chi connectivity index (χ2v) is 5.81. The molecule has 0 bridgehead atoms. The van der Waals surface area contributed by atoms with Crippen LogP contribution in [0.4, 0.5) is 0 Å². The van der Waals surface area contributed by atoms with Crippen molar-refractivity contribution in [3.8, 4) is 28.6 Å². The van der Waals surface area contributed by atoms with Crippen LogP contribution < -0.4 is 4.74 Å². The third kappa shape index (κ3) is 2.19. The minimum Gasteiger partial charge on any atom is -0.479 e. The number of aromatic nitrogens is 3. The molecule has 2 aromatic heterocycles. The van der Waals surface area contributed by atoms with Gasteiger partial charge in [-0.1, -0.05) is 5.16 Å². The Morgan fingerprint density at radius 2 is 1.83 bits per heavy atom. The van der Waals surface area contributed by atoms with Crippen LogP contribution in [0.1, 0.15) is 24.2 Å². The standard InChI is InChI=1S/C17H13N3O3/c1-17(2)14(21)12-9-11(3-4-13(12)22-17)16-19-15(20-23-16)10-5-7-18-8-6-10/h3-9H,1-2H3. The summed E-state index contributed by atoms with van der Waals surface area (Å²) >= 11 is 0. The molecule has 23 heavy (non-hydrogen) atoms. The van der Waals surface area contributed by atoms with Crippen molar-refractivity contribution in [3.05, 3.63) is 48.3 Å². The number of pyridine rings is 1. The molecule has 0 radical (unpaired) electrons. The zero-order chi connectivity index (χ0) is 16.0. The van der Waals surface area contributed by atoms with Gasteiger partial charge >= 0.3 is 0 Å². The number of rotatable bonds is 2. The van der Waals surface area contributed by atoms with E-state index in [1.54, 1.807) is 56.6 Å². The molecule has 114 valence electrons. The molecule has 0 unspecified atom stereocenters. The molecule has 1 aromatic carbocycles. The Hall–Kier alpha value is -3.02. The molecule has 4 rings (SSSR count). The summed E-state index contributed by atoms with van der Waals surface area (Å²) in [7, 11) is 0. The predicted octanol–water partition coefficient (Wildman–Crippen LogP) is 3.15. The van der Waals surface area contributed by atoms with Crippen LogP contribution in [0.3, 0.4) is 0 Å². The van der Waals surface area contributed by atoms with Gasteiger partial charge in [0.15, 0.2) is 5.60 Å². The van der Waals surface area contributed by atoms with Crippen LogP contribution >= 0.6 is 0 Å². The Morgan fingerprint density at radius 1 is 1.04 bits per heavy atom. The Balaban J connectivity index is 1.72. The van der Waals surface area contributed by atoms with Gasteiger partial charge in [-0.3, -0.25) is 9.78 Å². The van der Waals surface area contributed by atoms with Crippen LogP contribution in [0.25, 0.3) is 22.8 Å². The SMILES string of the molecule is CC1(C)Oc2ccc(-c3nc(-c4ccncc4)no3)cc2C1=O. The average Bonchev–Trinajstić information content (AvgIpc) is 3.12. The van der Waals surface area contributed by atoms with Crippen LogP contribution in [0.5, 0.6) is 5.75 Å². The van der Waals surface area contributed by atoms with Gasteiger partial charge in [0.25, 0.3) is 5.89 Å². The van der Waals surface area contributed by atoms with Crippen molar-refractivity contribution < 1.29 is 14.1 Å². The highest BCUT2D eigenvalue weighted by molar-refractivity contribution is 6.07. The Morgan fingerprint density at radius 3 is 2.61 bits per heavy atom. The summed E-state index contributed by atoms with van der Waals surface area (Å²) in [6.45, 7) is 3.51. The quantitative estimate of drug-likeness (QED) is 0.723. The van der Waals surface area contributed by atoms with Crippen molar-refractivity contribution in [1.29, 1.82) is 0 Å². The van der Waals surface area contributed by atoms with Crippen LogP contribution in [0.15, 0.2) is 47.2 Å². The van der Waals surface area contributed by atoms with E-state index in [-0.39, 0.29) is 5.78 Å². The first-order chi connectivity index (χ1) is 11.0. The fraction of sp³-hybridized carbons (Fsp3) is 0.176. The zero-order valence-corrected chi connectivity index (χ0v) is 12.6. The zero-order valence-electron chi connectivity index (χ0n) is 12.6. The molecule has 0 aliphatic carbocycles. The third-order valence-corrected chi connectivity index (χ3v) is 3.75. The number of benzene rings is 1. The van der Waals surface area contributed by atoms with E-state index in [4.69, 9.17) is 9.26 Å². The lowest BCUT2D eigenvalue weighted by atomic mass is 9.98. The Kier molecular flexibility index (Phi) is 2.81. The fourth-order valence-corrected chi connectivity index (χ4v) is 2.53. The number of hydrogen-bond acceptors (Lipinski definition) is 6. The van der Waals surface area contributed by atoms with Crippen molar-refractivity contribution in [3.63, 3.8) is 0 Å². The fourth-order valence-electron chi connectivity index (χ4n) is 2.53. The highest BCUT2D eigenvalue weighted by Crippen LogP contribution is 2.37. The lowest BCUT2D eigenvalue weighted by molar-refractivity contribution is 0.0684. The molecule has 0 saturated heterocycles. The van der Waals surface area contributed by atoms with Crippen molar-refractivity contribution in [1.82, 2.24) is 15.1 Å². The van der Waals surface area contributed by atoms with Crippen LogP contribution in [-0.2, 0) is 0 Å². The highest BCUT2D eigenvalue weighted by atomic mass is 16.5. The molecule has 0 atom stereocenters. The van der Waals surface area contributed by atoms with E-state index < -0.39 is 5.60 Å². The maximum atomic E-state index is 12.3. The molecule has 0 fully saturated rings. The summed E-state index contributed by atoms with van der Waals surface area (Å²) in [6.07, 6.45) is 3.33. The molecule has 3 heterocycles. The Bertz CT molecular complexity index is 900. The molecule has 6 heteroatoms. The van der Waals surface area contributed by atoms with Gasteiger partial charge in [0.2, 0.25) is 11.6 Å². The molecule has 1 aliphatic heterocycles. The number of fused-ring (bicyclic) bond motifs is 1. The number of nitrogens with zero attached hydrogens (tertiary/aromatic N) is 3. The number of ketones is 1. The first-order valence-corrected chi connectivity index (χ1v) is 7.17. The molecule has 0 N–H and O–H groups in total. The van der Waals surface area contributed by atoms with E-state index >= 15 is 0 Å².